The molecule has 1 amide bonds. The molecule has 2 aliphatic rings. The molecule has 1 atom stereocenters. The number of hydrogen-bond donors (Lipinski definition) is 3. The van der Waals surface area contributed by atoms with Crippen molar-refractivity contribution in [3.8, 4) is 0 Å². The monoisotopic (exact) mass is 534 g/mol. The zero-order valence-corrected chi connectivity index (χ0v) is 20.1. The summed E-state index contributed by atoms with van der Waals surface area (Å²) in [6.07, 6.45) is 8.33. The van der Waals surface area contributed by atoms with Crippen molar-refractivity contribution in [3.05, 3.63) is 68.9 Å². The second-order valence-corrected chi connectivity index (χ2v) is 13.7. The molecule has 30 heavy (non-hydrogen) atoms. The molecule has 1 saturated heterocycles. The van der Waals surface area contributed by atoms with Crippen LogP contribution in [0.5, 0.6) is 0 Å². The lowest BCUT2D eigenvalue weighted by Crippen LogP contribution is -2.36. The lowest BCUT2D eigenvalue weighted by atomic mass is 9.60. The summed E-state index contributed by atoms with van der Waals surface area (Å²) >= 11 is 2.35. The lowest BCUT2D eigenvalue weighted by Gasteiger charge is -2.42. The molecule has 1 aliphatic heterocycles. The largest absolute Gasteiger partial charge is 0.361 e. The molecule has 3 aromatic rings. The molecule has 1 aliphatic carbocycles. The third kappa shape index (κ3) is 3.51. The molecule has 1 saturated carbocycles. The fourth-order valence-electron chi connectivity index (χ4n) is 5.14. The molecule has 2 aromatic carbocycles. The first kappa shape index (κ1) is 20.2. The molecule has 4 nitrogen and oxygen atoms in total. The van der Waals surface area contributed by atoms with Gasteiger partial charge in [0.05, 0.1) is 0 Å². The Morgan fingerprint density at radius 1 is 1.20 bits per heavy atom. The number of benzene rings is 2. The summed E-state index contributed by atoms with van der Waals surface area (Å²) in [4.78, 5) is 16.2. The van der Waals surface area contributed by atoms with Gasteiger partial charge in [0.15, 0.2) is 0 Å². The number of H-pyrrole nitrogens is 1. The van der Waals surface area contributed by atoms with E-state index in [1.54, 1.807) is 0 Å². The Morgan fingerprint density at radius 3 is 2.60 bits per heavy atom. The minimum absolute atomic E-state index is 0.0300. The Hall–Kier alpha value is -1.67. The molecule has 1 aromatic heterocycles. The van der Waals surface area contributed by atoms with E-state index in [1.807, 2.05) is 18.4 Å². The number of aromatic nitrogens is 1. The second-order valence-electron chi connectivity index (χ2n) is 9.07. The highest BCUT2D eigenvalue weighted by atomic mass is 127. The van der Waals surface area contributed by atoms with Gasteiger partial charge in [0.2, 0.25) is 0 Å². The first-order valence-electron chi connectivity index (χ1n) is 10.6. The van der Waals surface area contributed by atoms with Crippen LogP contribution in [-0.4, -0.2) is 38.9 Å². The standard InChI is InChI=1S/C24H27IN2O2S/c1-30(29)12-9-19(15-30)27-23(28)16-3-8-20-21(14-26-22(20)13-16)24(10-2-11-24)17-4-6-18(25)7-5-17/h3-8,13-14,19,26,30H,2,9-12,15H2,1H3,(H,27,28). The first-order chi connectivity index (χ1) is 14.4. The van der Waals surface area contributed by atoms with Gasteiger partial charge >= 0.3 is 0 Å². The van der Waals surface area contributed by atoms with E-state index < -0.39 is 9.93 Å². The molecule has 0 bridgehead atoms. The van der Waals surface area contributed by atoms with Gasteiger partial charge in [0.1, 0.15) is 0 Å². The zero-order chi connectivity index (χ0) is 20.9. The summed E-state index contributed by atoms with van der Waals surface area (Å²) < 4.78 is 13.5. The molecule has 2 N–H and O–H groups in total. The van der Waals surface area contributed by atoms with Gasteiger partial charge in [0.25, 0.3) is 5.91 Å². The molecule has 2 heterocycles. The van der Waals surface area contributed by atoms with Gasteiger partial charge < -0.3 is 10.3 Å². The van der Waals surface area contributed by atoms with Crippen LogP contribution in [0.3, 0.4) is 0 Å². The number of carbonyl (C=O) groups is 1. The molecule has 1 unspecified atom stereocenters. The maximum absolute atomic E-state index is 12.8. The van der Waals surface area contributed by atoms with E-state index in [4.69, 9.17) is 0 Å². The molecule has 2 fully saturated rings. The van der Waals surface area contributed by atoms with Crippen LogP contribution in [0.2, 0.25) is 0 Å². The number of amides is 1. The third-order valence-electron chi connectivity index (χ3n) is 6.96. The predicted molar refractivity (Wildman–Crippen MR) is 133 cm³/mol. The van der Waals surface area contributed by atoms with Gasteiger partial charge in [-0.15, -0.1) is 9.93 Å². The molecular formula is C24H27IN2O2S. The van der Waals surface area contributed by atoms with Crippen molar-refractivity contribution in [2.24, 2.45) is 0 Å². The van der Waals surface area contributed by atoms with E-state index in [9.17, 15) is 9.00 Å². The number of halogens is 1. The highest BCUT2D eigenvalue weighted by Crippen LogP contribution is 2.51. The quantitative estimate of drug-likeness (QED) is 0.344. The van der Waals surface area contributed by atoms with Crippen LogP contribution >= 0.6 is 22.6 Å². The molecule has 0 radical (unpaired) electrons. The first-order valence-corrected chi connectivity index (χ1v) is 14.2. The number of nitrogens with one attached hydrogen (secondary N) is 2. The molecule has 158 valence electrons. The van der Waals surface area contributed by atoms with Crippen molar-refractivity contribution in [2.45, 2.75) is 37.1 Å². The zero-order valence-electron chi connectivity index (χ0n) is 17.1. The number of hydrogen-bond acceptors (Lipinski definition) is 2. The summed E-state index contributed by atoms with van der Waals surface area (Å²) in [6, 6.07) is 14.9. The smallest absolute Gasteiger partial charge is 0.251 e. The van der Waals surface area contributed by atoms with Crippen molar-refractivity contribution in [1.82, 2.24) is 10.3 Å². The number of aromatic amines is 1. The highest BCUT2D eigenvalue weighted by molar-refractivity contribution is 14.1. The Bertz CT molecular complexity index is 1160. The van der Waals surface area contributed by atoms with E-state index >= 15 is 0 Å². The van der Waals surface area contributed by atoms with E-state index in [-0.39, 0.29) is 17.4 Å². The molecule has 6 heteroatoms. The summed E-state index contributed by atoms with van der Waals surface area (Å²) in [6.45, 7) is 0. The number of thiol groups is 1. The highest BCUT2D eigenvalue weighted by Gasteiger charge is 2.41. The fraction of sp³-hybridized carbons (Fsp3) is 0.375. The van der Waals surface area contributed by atoms with Gasteiger partial charge in [-0.05, 0) is 83.5 Å². The van der Waals surface area contributed by atoms with Crippen LogP contribution in [0, 0.1) is 3.57 Å². The van der Waals surface area contributed by atoms with Gasteiger partial charge in [-0.1, -0.05) is 24.6 Å². The number of fused-ring (bicyclic) bond motifs is 1. The molecule has 5 rings (SSSR count). The Kier molecular flexibility index (Phi) is 5.05. The molecule has 0 spiro atoms. The fourth-order valence-corrected chi connectivity index (χ4v) is 7.75. The lowest BCUT2D eigenvalue weighted by molar-refractivity contribution is 0.0941. The topological polar surface area (TPSA) is 62.0 Å². The maximum atomic E-state index is 12.8. The third-order valence-corrected chi connectivity index (χ3v) is 10.1. The summed E-state index contributed by atoms with van der Waals surface area (Å²) in [5.74, 6) is 1.28. The normalized spacial score (nSPS) is 23.1. The van der Waals surface area contributed by atoms with Gasteiger partial charge in [-0.25, -0.2) is 0 Å². The Balaban J connectivity index is 1.43. The van der Waals surface area contributed by atoms with Crippen LogP contribution in [0.15, 0.2) is 48.7 Å². The van der Waals surface area contributed by atoms with Crippen molar-refractivity contribution >= 4 is 49.3 Å². The summed E-state index contributed by atoms with van der Waals surface area (Å²) in [7, 11) is -2.05. The van der Waals surface area contributed by atoms with Crippen LogP contribution in [-0.2, 0) is 15.3 Å². The number of rotatable bonds is 4. The van der Waals surface area contributed by atoms with Crippen molar-refractivity contribution < 1.29 is 9.00 Å². The van der Waals surface area contributed by atoms with Gasteiger partial charge in [-0.3, -0.25) is 9.00 Å². The van der Waals surface area contributed by atoms with Gasteiger partial charge in [-0.2, -0.15) is 0 Å². The SMILES string of the molecule is C[SH]1(=O)CCC(NC(=O)c2ccc3c(C4(c5ccc(I)cc5)CCC4)c[nH]c3c2)C1. The van der Waals surface area contributed by atoms with E-state index in [0.717, 1.165) is 30.5 Å². The average molecular weight is 534 g/mol. The average Bonchev–Trinajstić information content (AvgIpc) is 3.25. The van der Waals surface area contributed by atoms with E-state index in [2.05, 4.69) is 69.4 Å². The minimum Gasteiger partial charge on any atom is -0.361 e. The van der Waals surface area contributed by atoms with E-state index in [1.165, 1.54) is 26.5 Å². The molecular weight excluding hydrogens is 507 g/mol. The number of carbonyl (C=O) groups excluding carboxylic acids is 1. The van der Waals surface area contributed by atoms with Gasteiger partial charge in [0, 0.05) is 49.2 Å². The van der Waals surface area contributed by atoms with Crippen molar-refractivity contribution in [2.75, 3.05) is 17.8 Å². The van der Waals surface area contributed by atoms with Crippen molar-refractivity contribution in [3.63, 3.8) is 0 Å². The van der Waals surface area contributed by atoms with Crippen LogP contribution < -0.4 is 5.32 Å². The maximum Gasteiger partial charge on any atom is 0.251 e. The van der Waals surface area contributed by atoms with Crippen LogP contribution in [0.1, 0.15) is 47.2 Å². The predicted octanol–water partition coefficient (Wildman–Crippen LogP) is 4.39. The minimum atomic E-state index is -2.05. The Morgan fingerprint density at radius 2 is 1.97 bits per heavy atom. The van der Waals surface area contributed by atoms with Crippen molar-refractivity contribution in [1.29, 1.82) is 0 Å². The van der Waals surface area contributed by atoms with Crippen LogP contribution in [0.4, 0.5) is 0 Å². The summed E-state index contributed by atoms with van der Waals surface area (Å²) in [5, 5.41) is 4.28. The Labute approximate surface area is 191 Å². The van der Waals surface area contributed by atoms with E-state index in [0.29, 0.717) is 11.3 Å². The van der Waals surface area contributed by atoms with Crippen LogP contribution in [0.25, 0.3) is 10.9 Å². The second kappa shape index (κ2) is 7.48. The summed E-state index contributed by atoms with van der Waals surface area (Å²) in [5.41, 5.74) is 4.44.